The van der Waals surface area contributed by atoms with Crippen LogP contribution in [0.1, 0.15) is 40.9 Å². The van der Waals surface area contributed by atoms with Crippen LogP contribution < -0.4 is 0 Å². The van der Waals surface area contributed by atoms with Gasteiger partial charge in [-0.3, -0.25) is 4.98 Å². The normalized spacial score (nSPS) is 28.1. The third kappa shape index (κ3) is 1.37. The molecular weight excluding hydrogens is 218 g/mol. The van der Waals surface area contributed by atoms with Gasteiger partial charge in [0.1, 0.15) is 0 Å². The number of fused-ring (bicyclic) bond motifs is 5. The molecule has 2 bridgehead atoms. The van der Waals surface area contributed by atoms with Gasteiger partial charge in [0.2, 0.25) is 0 Å². The first-order valence-corrected chi connectivity index (χ1v) is 6.60. The van der Waals surface area contributed by atoms with Gasteiger partial charge in [-0.05, 0) is 35.1 Å². The second kappa shape index (κ2) is 3.81. The van der Waals surface area contributed by atoms with Crippen LogP contribution in [0.15, 0.2) is 60.9 Å². The average Bonchev–Trinajstić information content (AvgIpc) is 2.74. The van der Waals surface area contributed by atoms with Crippen molar-refractivity contribution >= 4 is 0 Å². The first kappa shape index (κ1) is 10.1. The predicted molar refractivity (Wildman–Crippen MR) is 72.7 cm³/mol. The molecule has 0 saturated carbocycles. The maximum absolute atomic E-state index is 4.26. The van der Waals surface area contributed by atoms with Gasteiger partial charge < -0.3 is 0 Å². The van der Waals surface area contributed by atoms with Crippen molar-refractivity contribution in [1.82, 2.24) is 4.98 Å². The Hall–Kier alpha value is -1.89. The fourth-order valence-corrected chi connectivity index (χ4v) is 3.54. The molecule has 1 nitrogen and oxygen atoms in total. The highest BCUT2D eigenvalue weighted by Crippen LogP contribution is 2.52. The minimum absolute atomic E-state index is 0.499. The molecule has 1 aromatic carbocycles. The quantitative estimate of drug-likeness (QED) is 0.678. The second-order valence-corrected chi connectivity index (χ2v) is 5.27. The summed E-state index contributed by atoms with van der Waals surface area (Å²) in [4.78, 5) is 4.26. The molecule has 2 aliphatic rings. The Morgan fingerprint density at radius 3 is 2.67 bits per heavy atom. The molecule has 0 radical (unpaired) electrons. The van der Waals surface area contributed by atoms with Gasteiger partial charge in [0.25, 0.3) is 0 Å². The number of nitrogens with zero attached hydrogens (tertiary/aromatic N) is 1. The number of hydrogen-bond donors (Lipinski definition) is 0. The summed E-state index contributed by atoms with van der Waals surface area (Å²) in [6.07, 6.45) is 9.89. The zero-order chi connectivity index (χ0) is 11.9. The fraction of sp³-hybridized carbons (Fsp3) is 0.235. The van der Waals surface area contributed by atoms with Crippen molar-refractivity contribution in [3.8, 4) is 0 Å². The second-order valence-electron chi connectivity index (χ2n) is 5.27. The van der Waals surface area contributed by atoms with Crippen LogP contribution in [-0.4, -0.2) is 4.98 Å². The maximum atomic E-state index is 4.26. The summed E-state index contributed by atoms with van der Waals surface area (Å²) in [5.41, 5.74) is 4.42. The zero-order valence-electron chi connectivity index (χ0n) is 10.2. The molecule has 4 rings (SSSR count). The van der Waals surface area contributed by atoms with Crippen molar-refractivity contribution in [2.45, 2.75) is 24.2 Å². The van der Waals surface area contributed by atoms with Crippen molar-refractivity contribution in [3.63, 3.8) is 0 Å². The topological polar surface area (TPSA) is 12.9 Å². The Balaban J connectivity index is 1.82. The van der Waals surface area contributed by atoms with E-state index < -0.39 is 0 Å². The Morgan fingerprint density at radius 1 is 0.944 bits per heavy atom. The van der Waals surface area contributed by atoms with Gasteiger partial charge in [-0.2, -0.15) is 0 Å². The molecule has 88 valence electrons. The SMILES string of the molecule is C1=C[C@@H](c2cccnc2)[C@@H]2C[C@H]1c1ccccc12. The Labute approximate surface area is 107 Å². The van der Waals surface area contributed by atoms with Gasteiger partial charge in [0.15, 0.2) is 0 Å². The van der Waals surface area contributed by atoms with Crippen LogP contribution in [0.5, 0.6) is 0 Å². The van der Waals surface area contributed by atoms with Crippen LogP contribution in [0.25, 0.3) is 0 Å². The molecule has 0 fully saturated rings. The van der Waals surface area contributed by atoms with Gasteiger partial charge >= 0.3 is 0 Å². The van der Waals surface area contributed by atoms with E-state index in [2.05, 4.69) is 47.5 Å². The van der Waals surface area contributed by atoms with Crippen molar-refractivity contribution in [1.29, 1.82) is 0 Å². The molecule has 1 heterocycles. The molecule has 1 heteroatoms. The van der Waals surface area contributed by atoms with Crippen LogP contribution in [0.2, 0.25) is 0 Å². The van der Waals surface area contributed by atoms with Crippen LogP contribution in [-0.2, 0) is 0 Å². The maximum Gasteiger partial charge on any atom is 0.0306 e. The Bertz CT molecular complexity index is 600. The van der Waals surface area contributed by atoms with E-state index in [1.54, 1.807) is 5.56 Å². The summed E-state index contributed by atoms with van der Waals surface area (Å²) >= 11 is 0. The Kier molecular flexibility index (Phi) is 2.13. The smallest absolute Gasteiger partial charge is 0.0306 e. The summed E-state index contributed by atoms with van der Waals surface area (Å²) in [5, 5.41) is 0. The summed E-state index contributed by atoms with van der Waals surface area (Å²) in [6.45, 7) is 0. The van der Waals surface area contributed by atoms with E-state index in [4.69, 9.17) is 0 Å². The van der Waals surface area contributed by atoms with Crippen LogP contribution in [0.3, 0.4) is 0 Å². The summed E-state index contributed by atoms with van der Waals surface area (Å²) < 4.78 is 0. The highest BCUT2D eigenvalue weighted by atomic mass is 14.6. The van der Waals surface area contributed by atoms with E-state index >= 15 is 0 Å². The Morgan fingerprint density at radius 2 is 1.83 bits per heavy atom. The standard InChI is InChI=1S/C17H15N/c1-2-6-16-14(5-1)12-7-8-15(17(16)10-12)13-4-3-9-18-11-13/h1-9,11-12,15,17H,10H2/t12-,15-,17-/m0/s1. The molecular formula is C17H15N. The zero-order valence-corrected chi connectivity index (χ0v) is 10.2. The largest absolute Gasteiger partial charge is 0.264 e. The molecule has 0 aliphatic heterocycles. The highest BCUT2D eigenvalue weighted by Gasteiger charge is 2.37. The van der Waals surface area contributed by atoms with Crippen LogP contribution in [0, 0.1) is 0 Å². The van der Waals surface area contributed by atoms with Crippen molar-refractivity contribution in [2.75, 3.05) is 0 Å². The first-order chi connectivity index (χ1) is 8.93. The van der Waals surface area contributed by atoms with Crippen LogP contribution >= 0.6 is 0 Å². The number of rotatable bonds is 1. The predicted octanol–water partition coefficient (Wildman–Crippen LogP) is 4.01. The molecule has 0 N–H and O–H groups in total. The van der Waals surface area contributed by atoms with Gasteiger partial charge in [-0.15, -0.1) is 0 Å². The van der Waals surface area contributed by atoms with Gasteiger partial charge in [-0.25, -0.2) is 0 Å². The number of aromatic nitrogens is 1. The van der Waals surface area contributed by atoms with Crippen molar-refractivity contribution in [3.05, 3.63) is 77.6 Å². The van der Waals surface area contributed by atoms with E-state index in [0.29, 0.717) is 17.8 Å². The fourth-order valence-electron chi connectivity index (χ4n) is 3.54. The molecule has 0 saturated heterocycles. The lowest BCUT2D eigenvalue weighted by atomic mass is 9.79. The molecule has 2 aliphatic carbocycles. The first-order valence-electron chi connectivity index (χ1n) is 6.60. The summed E-state index contributed by atoms with van der Waals surface area (Å²) in [6, 6.07) is 13.2. The number of allylic oxidation sites excluding steroid dienone is 2. The number of pyridine rings is 1. The molecule has 0 spiro atoms. The van der Waals surface area contributed by atoms with Crippen LogP contribution in [0.4, 0.5) is 0 Å². The number of benzene rings is 1. The summed E-state index contributed by atoms with van der Waals surface area (Å²) in [7, 11) is 0. The van der Waals surface area contributed by atoms with E-state index in [-0.39, 0.29) is 0 Å². The van der Waals surface area contributed by atoms with Gasteiger partial charge in [0.05, 0.1) is 0 Å². The summed E-state index contributed by atoms with van der Waals surface area (Å²) in [5.74, 6) is 1.78. The minimum Gasteiger partial charge on any atom is -0.264 e. The van der Waals surface area contributed by atoms with Crippen molar-refractivity contribution in [2.24, 2.45) is 0 Å². The van der Waals surface area contributed by atoms with Gasteiger partial charge in [0, 0.05) is 24.2 Å². The average molecular weight is 233 g/mol. The van der Waals surface area contributed by atoms with E-state index in [1.165, 1.54) is 17.5 Å². The number of hydrogen-bond acceptors (Lipinski definition) is 1. The van der Waals surface area contributed by atoms with E-state index in [9.17, 15) is 0 Å². The van der Waals surface area contributed by atoms with Gasteiger partial charge in [-0.1, -0.05) is 42.5 Å². The molecule has 2 aromatic rings. The van der Waals surface area contributed by atoms with Crippen molar-refractivity contribution < 1.29 is 0 Å². The lowest BCUT2D eigenvalue weighted by Crippen LogP contribution is -2.09. The lowest BCUT2D eigenvalue weighted by Gasteiger charge is -2.24. The van der Waals surface area contributed by atoms with E-state index in [0.717, 1.165) is 0 Å². The molecule has 3 atom stereocenters. The highest BCUT2D eigenvalue weighted by molar-refractivity contribution is 5.47. The molecule has 0 unspecified atom stereocenters. The third-order valence-corrected chi connectivity index (χ3v) is 4.36. The van der Waals surface area contributed by atoms with E-state index in [1.807, 2.05) is 18.5 Å². The third-order valence-electron chi connectivity index (χ3n) is 4.36. The molecule has 1 aromatic heterocycles. The molecule has 18 heavy (non-hydrogen) atoms. The molecule has 0 amide bonds. The monoisotopic (exact) mass is 233 g/mol. The lowest BCUT2D eigenvalue weighted by molar-refractivity contribution is 0.563. The minimum atomic E-state index is 0.499.